The van der Waals surface area contributed by atoms with E-state index in [9.17, 15) is 13.9 Å². The van der Waals surface area contributed by atoms with Crippen molar-refractivity contribution in [3.05, 3.63) is 35.4 Å². The number of alkyl halides is 2. The number of aliphatic hydroxyl groups excluding tert-OH is 1. The molecular weight excluding hydrogens is 202 g/mol. The van der Waals surface area contributed by atoms with Crippen LogP contribution in [0.15, 0.2) is 24.3 Å². The normalized spacial score (nSPS) is 13.1. The summed E-state index contributed by atoms with van der Waals surface area (Å²) in [7, 11) is 0. The Morgan fingerprint density at radius 3 is 2.60 bits per heavy atom. The second kappa shape index (κ2) is 5.78. The van der Waals surface area contributed by atoms with Gasteiger partial charge in [-0.2, -0.15) is 0 Å². The largest absolute Gasteiger partial charge is 0.386 e. The van der Waals surface area contributed by atoms with Gasteiger partial charge in [0.2, 0.25) is 0 Å². The zero-order chi connectivity index (χ0) is 11.3. The van der Waals surface area contributed by atoms with Gasteiger partial charge in [0.15, 0.2) is 0 Å². The van der Waals surface area contributed by atoms with Gasteiger partial charge < -0.3 is 9.84 Å². The molecule has 1 N–H and O–H groups in total. The van der Waals surface area contributed by atoms with E-state index in [2.05, 4.69) is 0 Å². The van der Waals surface area contributed by atoms with Gasteiger partial charge in [0.25, 0.3) is 6.43 Å². The summed E-state index contributed by atoms with van der Waals surface area (Å²) in [6, 6.07) is 5.75. The molecule has 0 aliphatic heterocycles. The summed E-state index contributed by atoms with van der Waals surface area (Å²) < 4.78 is 29.7. The Morgan fingerprint density at radius 2 is 2.00 bits per heavy atom. The van der Waals surface area contributed by atoms with Gasteiger partial charge in [-0.25, -0.2) is 8.78 Å². The van der Waals surface area contributed by atoms with Crippen molar-refractivity contribution in [2.24, 2.45) is 0 Å². The van der Waals surface area contributed by atoms with Gasteiger partial charge in [-0.15, -0.1) is 0 Å². The smallest absolute Gasteiger partial charge is 0.263 e. The molecule has 84 valence electrons. The zero-order valence-corrected chi connectivity index (χ0v) is 8.49. The molecule has 0 bridgehead atoms. The van der Waals surface area contributed by atoms with Gasteiger partial charge in [-0.1, -0.05) is 18.2 Å². The minimum Gasteiger partial charge on any atom is -0.386 e. The highest BCUT2D eigenvalue weighted by Crippen LogP contribution is 2.22. The first-order valence-electron chi connectivity index (χ1n) is 4.79. The third kappa shape index (κ3) is 3.57. The number of aliphatic hydroxyl groups is 1. The number of rotatable bonds is 5. The minimum atomic E-state index is -2.51. The van der Waals surface area contributed by atoms with Crippen LogP contribution in [0, 0.1) is 0 Å². The van der Waals surface area contributed by atoms with Crippen LogP contribution >= 0.6 is 0 Å². The fourth-order valence-corrected chi connectivity index (χ4v) is 1.23. The molecule has 2 nitrogen and oxygen atoms in total. The molecule has 4 heteroatoms. The van der Waals surface area contributed by atoms with E-state index in [1.165, 1.54) is 18.2 Å². The van der Waals surface area contributed by atoms with Crippen LogP contribution in [0.5, 0.6) is 0 Å². The van der Waals surface area contributed by atoms with E-state index in [0.717, 1.165) is 0 Å². The second-order valence-corrected chi connectivity index (χ2v) is 3.15. The number of hydrogen-bond donors (Lipinski definition) is 1. The van der Waals surface area contributed by atoms with Crippen molar-refractivity contribution in [3.8, 4) is 0 Å². The SMILES string of the molecule is CCOCC(O)c1cccc(C(F)F)c1. The molecule has 0 fully saturated rings. The molecule has 0 heterocycles. The molecule has 1 aromatic carbocycles. The van der Waals surface area contributed by atoms with E-state index < -0.39 is 12.5 Å². The van der Waals surface area contributed by atoms with Crippen molar-refractivity contribution in [1.82, 2.24) is 0 Å². The quantitative estimate of drug-likeness (QED) is 0.820. The van der Waals surface area contributed by atoms with Gasteiger partial charge in [-0.3, -0.25) is 0 Å². The van der Waals surface area contributed by atoms with Gasteiger partial charge in [0, 0.05) is 12.2 Å². The Kier molecular flexibility index (Phi) is 4.65. The van der Waals surface area contributed by atoms with Crippen LogP contribution in [0.3, 0.4) is 0 Å². The summed E-state index contributed by atoms with van der Waals surface area (Å²) in [5.41, 5.74) is 0.379. The van der Waals surface area contributed by atoms with Crippen LogP contribution in [0.4, 0.5) is 8.78 Å². The van der Waals surface area contributed by atoms with Gasteiger partial charge in [0.1, 0.15) is 6.10 Å². The average molecular weight is 216 g/mol. The first-order chi connectivity index (χ1) is 7.15. The highest BCUT2D eigenvalue weighted by Gasteiger charge is 2.11. The second-order valence-electron chi connectivity index (χ2n) is 3.15. The number of halogens is 2. The third-order valence-corrected chi connectivity index (χ3v) is 2.03. The summed E-state index contributed by atoms with van der Waals surface area (Å²) in [4.78, 5) is 0. The Morgan fingerprint density at radius 1 is 1.33 bits per heavy atom. The number of hydrogen-bond acceptors (Lipinski definition) is 2. The van der Waals surface area contributed by atoms with E-state index in [1.807, 2.05) is 6.92 Å². The molecule has 15 heavy (non-hydrogen) atoms. The maximum absolute atomic E-state index is 12.3. The molecular formula is C11H14F2O2. The summed E-state index contributed by atoms with van der Waals surface area (Å²) >= 11 is 0. The lowest BCUT2D eigenvalue weighted by Crippen LogP contribution is -2.07. The molecule has 0 amide bonds. The minimum absolute atomic E-state index is 0.0805. The van der Waals surface area contributed by atoms with Crippen molar-refractivity contribution >= 4 is 0 Å². The summed E-state index contributed by atoms with van der Waals surface area (Å²) in [5.74, 6) is 0. The molecule has 0 radical (unpaired) electrons. The Labute approximate surface area is 87.5 Å². The number of benzene rings is 1. The molecule has 0 aromatic heterocycles. The predicted octanol–water partition coefficient (Wildman–Crippen LogP) is 2.69. The van der Waals surface area contributed by atoms with Crippen molar-refractivity contribution < 1.29 is 18.6 Å². The standard InChI is InChI=1S/C11H14F2O2/c1-2-15-7-10(14)8-4-3-5-9(6-8)11(12)13/h3-6,10-11,14H,2,7H2,1H3. The van der Waals surface area contributed by atoms with Crippen LogP contribution in [0.1, 0.15) is 30.6 Å². The van der Waals surface area contributed by atoms with Crippen LogP contribution in [0.25, 0.3) is 0 Å². The third-order valence-electron chi connectivity index (χ3n) is 2.03. The summed E-state index contributed by atoms with van der Waals surface area (Å²) in [6.07, 6.45) is -3.35. The van der Waals surface area contributed by atoms with Gasteiger partial charge >= 0.3 is 0 Å². The first-order valence-corrected chi connectivity index (χ1v) is 4.79. The fourth-order valence-electron chi connectivity index (χ4n) is 1.23. The maximum atomic E-state index is 12.3. The molecule has 1 rings (SSSR count). The van der Waals surface area contributed by atoms with Gasteiger partial charge in [0.05, 0.1) is 6.61 Å². The molecule has 0 aliphatic carbocycles. The topological polar surface area (TPSA) is 29.5 Å². The molecule has 1 atom stereocenters. The lowest BCUT2D eigenvalue weighted by molar-refractivity contribution is 0.0418. The van der Waals surface area contributed by atoms with Crippen LogP contribution in [0.2, 0.25) is 0 Å². The molecule has 1 unspecified atom stereocenters. The summed E-state index contributed by atoms with van der Waals surface area (Å²) in [5, 5.41) is 9.59. The molecule has 0 spiro atoms. The first kappa shape index (κ1) is 12.1. The van der Waals surface area contributed by atoms with Crippen LogP contribution in [-0.2, 0) is 4.74 Å². The molecule has 1 aromatic rings. The van der Waals surface area contributed by atoms with E-state index in [0.29, 0.717) is 12.2 Å². The highest BCUT2D eigenvalue weighted by molar-refractivity contribution is 5.25. The van der Waals surface area contributed by atoms with E-state index in [-0.39, 0.29) is 12.2 Å². The predicted molar refractivity (Wildman–Crippen MR) is 52.9 cm³/mol. The highest BCUT2D eigenvalue weighted by atomic mass is 19.3. The van der Waals surface area contributed by atoms with Crippen molar-refractivity contribution in [3.63, 3.8) is 0 Å². The summed E-state index contributed by atoms with van der Waals surface area (Å²) in [6.45, 7) is 2.43. The molecule has 0 aliphatic rings. The fraction of sp³-hybridized carbons (Fsp3) is 0.455. The van der Waals surface area contributed by atoms with Crippen molar-refractivity contribution in [1.29, 1.82) is 0 Å². The molecule has 0 saturated carbocycles. The number of ether oxygens (including phenoxy) is 1. The lowest BCUT2D eigenvalue weighted by atomic mass is 10.1. The van der Waals surface area contributed by atoms with E-state index in [4.69, 9.17) is 4.74 Å². The zero-order valence-electron chi connectivity index (χ0n) is 8.49. The Bertz CT molecular complexity index is 302. The van der Waals surface area contributed by atoms with Crippen molar-refractivity contribution in [2.45, 2.75) is 19.5 Å². The van der Waals surface area contributed by atoms with Crippen LogP contribution in [-0.4, -0.2) is 18.3 Å². The van der Waals surface area contributed by atoms with E-state index >= 15 is 0 Å². The van der Waals surface area contributed by atoms with E-state index in [1.54, 1.807) is 6.07 Å². The Hall–Kier alpha value is -1.00. The lowest BCUT2D eigenvalue weighted by Gasteiger charge is -2.11. The average Bonchev–Trinajstić information content (AvgIpc) is 2.26. The van der Waals surface area contributed by atoms with Crippen LogP contribution < -0.4 is 0 Å². The molecule has 0 saturated heterocycles. The van der Waals surface area contributed by atoms with Crippen molar-refractivity contribution in [2.75, 3.05) is 13.2 Å². The Balaban J connectivity index is 2.71. The monoisotopic (exact) mass is 216 g/mol. The maximum Gasteiger partial charge on any atom is 0.263 e. The van der Waals surface area contributed by atoms with Gasteiger partial charge in [-0.05, 0) is 18.6 Å².